The van der Waals surface area contributed by atoms with Crippen LogP contribution in [0.15, 0.2) is 53.5 Å². The number of benzene rings is 2. The molecular formula is C15H16N2. The van der Waals surface area contributed by atoms with E-state index >= 15 is 0 Å². The molecule has 2 rings (SSSR count). The molecule has 2 N–H and O–H groups in total. The number of nitrogens with two attached hydrogens (primary N) is 1. The summed E-state index contributed by atoms with van der Waals surface area (Å²) in [5, 5.41) is 0. The maximum Gasteiger partial charge on any atom is 0.0662 e. The molecule has 0 heterocycles. The highest BCUT2D eigenvalue weighted by atomic mass is 14.8. The Balaban J connectivity index is 2.42. The first-order valence-electron chi connectivity index (χ1n) is 5.64. The summed E-state index contributed by atoms with van der Waals surface area (Å²) in [4.78, 5) is 4.63. The Bertz CT molecular complexity index is 556. The zero-order chi connectivity index (χ0) is 12.3. The molecule has 2 heteroatoms. The summed E-state index contributed by atoms with van der Waals surface area (Å²) in [7, 11) is 0. The van der Waals surface area contributed by atoms with Crippen molar-refractivity contribution in [1.29, 1.82) is 0 Å². The molecule has 86 valence electrons. The van der Waals surface area contributed by atoms with Gasteiger partial charge in [-0.25, -0.2) is 0 Å². The first-order chi connectivity index (χ1) is 8.18. The molecule has 0 aliphatic heterocycles. The summed E-state index contributed by atoms with van der Waals surface area (Å²) in [6.45, 7) is 4.04. The molecule has 0 radical (unpaired) electrons. The SMILES string of the molecule is CC(=Nc1ccccc1C)c1ccccc1N. The molecule has 0 spiro atoms. The van der Waals surface area contributed by atoms with Gasteiger partial charge in [0.25, 0.3) is 0 Å². The average molecular weight is 224 g/mol. The third-order valence-corrected chi connectivity index (χ3v) is 2.75. The van der Waals surface area contributed by atoms with E-state index < -0.39 is 0 Å². The molecule has 2 aromatic carbocycles. The van der Waals surface area contributed by atoms with E-state index in [1.807, 2.05) is 49.4 Å². The van der Waals surface area contributed by atoms with Crippen molar-refractivity contribution in [2.24, 2.45) is 4.99 Å². The largest absolute Gasteiger partial charge is 0.398 e. The van der Waals surface area contributed by atoms with Gasteiger partial charge in [0.05, 0.1) is 5.69 Å². The number of aliphatic imine (C=N–C) groups is 1. The number of para-hydroxylation sites is 2. The van der Waals surface area contributed by atoms with Gasteiger partial charge in [-0.2, -0.15) is 0 Å². The van der Waals surface area contributed by atoms with Crippen molar-refractivity contribution < 1.29 is 0 Å². The number of anilines is 1. The molecule has 0 fully saturated rings. The van der Waals surface area contributed by atoms with Crippen molar-refractivity contribution in [2.75, 3.05) is 5.73 Å². The minimum absolute atomic E-state index is 0.766. The van der Waals surface area contributed by atoms with E-state index in [4.69, 9.17) is 5.73 Å². The molecule has 17 heavy (non-hydrogen) atoms. The molecule has 0 saturated heterocycles. The van der Waals surface area contributed by atoms with Gasteiger partial charge in [0, 0.05) is 17.0 Å². The molecule has 0 amide bonds. The van der Waals surface area contributed by atoms with Crippen LogP contribution >= 0.6 is 0 Å². The van der Waals surface area contributed by atoms with Crippen LogP contribution in [-0.4, -0.2) is 5.71 Å². The molecular weight excluding hydrogens is 208 g/mol. The van der Waals surface area contributed by atoms with Gasteiger partial charge in [0.1, 0.15) is 0 Å². The fraction of sp³-hybridized carbons (Fsp3) is 0.133. The van der Waals surface area contributed by atoms with Crippen LogP contribution in [-0.2, 0) is 0 Å². The zero-order valence-corrected chi connectivity index (χ0v) is 10.1. The van der Waals surface area contributed by atoms with Crippen LogP contribution in [0.3, 0.4) is 0 Å². The number of nitrogen functional groups attached to an aromatic ring is 1. The van der Waals surface area contributed by atoms with Gasteiger partial charge in [-0.3, -0.25) is 4.99 Å². The maximum absolute atomic E-state index is 5.93. The van der Waals surface area contributed by atoms with Gasteiger partial charge in [-0.05, 0) is 31.5 Å². The molecule has 0 aliphatic rings. The van der Waals surface area contributed by atoms with Crippen LogP contribution in [0.5, 0.6) is 0 Å². The van der Waals surface area contributed by atoms with E-state index in [1.54, 1.807) is 0 Å². The van der Waals surface area contributed by atoms with Crippen molar-refractivity contribution in [3.05, 3.63) is 59.7 Å². The van der Waals surface area contributed by atoms with Crippen LogP contribution in [0.2, 0.25) is 0 Å². The Morgan fingerprint density at radius 3 is 2.35 bits per heavy atom. The molecule has 2 nitrogen and oxygen atoms in total. The smallest absolute Gasteiger partial charge is 0.0662 e. The highest BCUT2D eigenvalue weighted by molar-refractivity contribution is 6.04. The topological polar surface area (TPSA) is 38.4 Å². The third kappa shape index (κ3) is 2.53. The molecule has 0 saturated carbocycles. The lowest BCUT2D eigenvalue weighted by atomic mass is 10.1. The number of nitrogens with zero attached hydrogens (tertiary/aromatic N) is 1. The summed E-state index contributed by atoms with van der Waals surface area (Å²) in [6.07, 6.45) is 0. The first-order valence-corrected chi connectivity index (χ1v) is 5.64. The van der Waals surface area contributed by atoms with Gasteiger partial charge in [-0.15, -0.1) is 0 Å². The number of hydrogen-bond donors (Lipinski definition) is 1. The molecule has 0 atom stereocenters. The zero-order valence-electron chi connectivity index (χ0n) is 10.1. The number of aryl methyl sites for hydroxylation is 1. The number of rotatable bonds is 2. The lowest BCUT2D eigenvalue weighted by molar-refractivity contribution is 1.38. The van der Waals surface area contributed by atoms with E-state index in [-0.39, 0.29) is 0 Å². The molecule has 2 aromatic rings. The van der Waals surface area contributed by atoms with Crippen LogP contribution in [0, 0.1) is 6.92 Å². The van der Waals surface area contributed by atoms with Crippen LogP contribution in [0.4, 0.5) is 11.4 Å². The van der Waals surface area contributed by atoms with E-state index in [0.29, 0.717) is 0 Å². The predicted molar refractivity (Wildman–Crippen MR) is 73.9 cm³/mol. The van der Waals surface area contributed by atoms with Crippen LogP contribution in [0.25, 0.3) is 0 Å². The molecule has 0 unspecified atom stereocenters. The number of hydrogen-bond acceptors (Lipinski definition) is 2. The highest BCUT2D eigenvalue weighted by Crippen LogP contribution is 2.20. The van der Waals surface area contributed by atoms with E-state index in [1.165, 1.54) is 5.56 Å². The fourth-order valence-electron chi connectivity index (χ4n) is 1.76. The van der Waals surface area contributed by atoms with Crippen molar-refractivity contribution >= 4 is 17.1 Å². The highest BCUT2D eigenvalue weighted by Gasteiger charge is 2.02. The third-order valence-electron chi connectivity index (χ3n) is 2.75. The summed E-state index contributed by atoms with van der Waals surface area (Å²) >= 11 is 0. The summed E-state index contributed by atoms with van der Waals surface area (Å²) < 4.78 is 0. The minimum atomic E-state index is 0.766. The van der Waals surface area contributed by atoms with E-state index in [9.17, 15) is 0 Å². The normalized spacial score (nSPS) is 11.5. The van der Waals surface area contributed by atoms with Gasteiger partial charge in [0.15, 0.2) is 0 Å². The van der Waals surface area contributed by atoms with E-state index in [0.717, 1.165) is 22.6 Å². The Hall–Kier alpha value is -2.09. The second-order valence-corrected chi connectivity index (χ2v) is 4.07. The first kappa shape index (κ1) is 11.4. The summed E-state index contributed by atoms with van der Waals surface area (Å²) in [5.74, 6) is 0. The fourth-order valence-corrected chi connectivity index (χ4v) is 1.76. The second-order valence-electron chi connectivity index (χ2n) is 4.07. The van der Waals surface area contributed by atoms with Crippen molar-refractivity contribution in [1.82, 2.24) is 0 Å². The maximum atomic E-state index is 5.93. The Morgan fingerprint density at radius 1 is 1.00 bits per heavy atom. The molecule has 0 bridgehead atoms. The molecule has 0 aliphatic carbocycles. The van der Waals surface area contributed by atoms with Crippen molar-refractivity contribution in [2.45, 2.75) is 13.8 Å². The van der Waals surface area contributed by atoms with Gasteiger partial charge >= 0.3 is 0 Å². The Labute approximate surface area is 102 Å². The standard InChI is InChI=1S/C15H16N2/c1-11-7-3-6-10-15(11)17-12(2)13-8-4-5-9-14(13)16/h3-10H,16H2,1-2H3. The predicted octanol–water partition coefficient (Wildman–Crippen LogP) is 3.72. The molecule has 0 aromatic heterocycles. The van der Waals surface area contributed by atoms with Crippen LogP contribution in [0.1, 0.15) is 18.1 Å². The monoisotopic (exact) mass is 224 g/mol. The average Bonchev–Trinajstić information content (AvgIpc) is 2.32. The lowest BCUT2D eigenvalue weighted by Gasteiger charge is -2.06. The minimum Gasteiger partial charge on any atom is -0.398 e. The van der Waals surface area contributed by atoms with Crippen LogP contribution < -0.4 is 5.73 Å². The van der Waals surface area contributed by atoms with E-state index in [2.05, 4.69) is 18.0 Å². The van der Waals surface area contributed by atoms with Crippen molar-refractivity contribution in [3.63, 3.8) is 0 Å². The van der Waals surface area contributed by atoms with Gasteiger partial charge in [-0.1, -0.05) is 36.4 Å². The summed E-state index contributed by atoms with van der Waals surface area (Å²) in [6, 6.07) is 15.9. The quantitative estimate of drug-likeness (QED) is 0.612. The Kier molecular flexibility index (Phi) is 3.24. The van der Waals surface area contributed by atoms with Gasteiger partial charge < -0.3 is 5.73 Å². The Morgan fingerprint density at radius 2 is 1.65 bits per heavy atom. The van der Waals surface area contributed by atoms with Gasteiger partial charge in [0.2, 0.25) is 0 Å². The van der Waals surface area contributed by atoms with Crippen molar-refractivity contribution in [3.8, 4) is 0 Å². The lowest BCUT2D eigenvalue weighted by Crippen LogP contribution is -2.00. The second kappa shape index (κ2) is 4.83. The summed E-state index contributed by atoms with van der Waals surface area (Å²) in [5.41, 5.74) is 10.8.